The Kier molecular flexibility index (Phi) is 10.9. The number of carboxylic acids is 1. The highest BCUT2D eigenvalue weighted by molar-refractivity contribution is 5.73. The van der Waals surface area contributed by atoms with Gasteiger partial charge in [0.25, 0.3) is 0 Å². The van der Waals surface area contributed by atoms with Gasteiger partial charge in [-0.25, -0.2) is 4.79 Å². The summed E-state index contributed by atoms with van der Waals surface area (Å²) in [5.74, 6) is -2.69. The summed E-state index contributed by atoms with van der Waals surface area (Å²) in [5, 5.41) is 7.12. The number of esters is 1. The first kappa shape index (κ1) is 23.0. The highest BCUT2D eigenvalue weighted by atomic mass is 19.4. The van der Waals surface area contributed by atoms with Gasteiger partial charge in [-0.2, -0.15) is 13.2 Å². The van der Waals surface area contributed by atoms with Crippen molar-refractivity contribution in [1.82, 2.24) is 0 Å². The summed E-state index contributed by atoms with van der Waals surface area (Å²) in [6, 6.07) is 0. The molecule has 0 heterocycles. The van der Waals surface area contributed by atoms with Crippen molar-refractivity contribution in [3.05, 3.63) is 0 Å². The molecule has 0 aromatic rings. The number of hydrogen-bond donors (Lipinski definition) is 1. The first-order valence-electron chi connectivity index (χ1n) is 7.38. The number of aliphatic carboxylic acids is 1. The Morgan fingerprint density at radius 1 is 1.09 bits per heavy atom. The minimum absolute atomic E-state index is 0.0268. The number of ether oxygens (including phenoxy) is 1. The number of rotatable bonds is 6. The van der Waals surface area contributed by atoms with E-state index in [4.69, 9.17) is 14.6 Å². The Labute approximate surface area is 130 Å². The lowest BCUT2D eigenvalue weighted by atomic mass is 9.98. The second kappa shape index (κ2) is 10.5. The molecule has 0 fully saturated rings. The van der Waals surface area contributed by atoms with Gasteiger partial charge in [0.2, 0.25) is 0 Å². The monoisotopic (exact) mass is 328 g/mol. The smallest absolute Gasteiger partial charge is 0.475 e. The van der Waals surface area contributed by atoms with Crippen LogP contribution in [-0.4, -0.2) is 28.8 Å². The van der Waals surface area contributed by atoms with Gasteiger partial charge in [0.1, 0.15) is 5.60 Å². The van der Waals surface area contributed by atoms with Gasteiger partial charge in [-0.1, -0.05) is 33.1 Å². The predicted octanol–water partition coefficient (Wildman–Crippen LogP) is 4.57. The van der Waals surface area contributed by atoms with E-state index in [0.29, 0.717) is 0 Å². The van der Waals surface area contributed by atoms with Crippen molar-refractivity contribution in [2.45, 2.75) is 78.5 Å². The standard InChI is InChI=1S/C13H26O2.C2HF3O2/c1-6-8-9-10-11(7-2)12(14)15-13(3,4)5;3-2(4,5)1(6)7/h11H,6-10H2,1-5H3;(H,6,7). The van der Waals surface area contributed by atoms with E-state index >= 15 is 0 Å². The number of hydrogen-bond acceptors (Lipinski definition) is 3. The fourth-order valence-electron chi connectivity index (χ4n) is 1.51. The van der Waals surface area contributed by atoms with Crippen LogP contribution in [0.25, 0.3) is 0 Å². The van der Waals surface area contributed by atoms with Crippen LogP contribution in [0.4, 0.5) is 13.2 Å². The number of alkyl halides is 3. The van der Waals surface area contributed by atoms with Crippen LogP contribution in [0.15, 0.2) is 0 Å². The molecule has 0 aliphatic rings. The largest absolute Gasteiger partial charge is 0.490 e. The van der Waals surface area contributed by atoms with Crippen LogP contribution in [-0.2, 0) is 14.3 Å². The van der Waals surface area contributed by atoms with Crippen LogP contribution in [0.2, 0.25) is 0 Å². The summed E-state index contributed by atoms with van der Waals surface area (Å²) < 4.78 is 37.1. The Balaban J connectivity index is 0. The molecule has 0 rings (SSSR count). The predicted molar refractivity (Wildman–Crippen MR) is 77.5 cm³/mol. The number of carbonyl (C=O) groups excluding carboxylic acids is 1. The third kappa shape index (κ3) is 13.7. The number of unbranched alkanes of at least 4 members (excludes halogenated alkanes) is 2. The lowest BCUT2D eigenvalue weighted by Crippen LogP contribution is -2.28. The molecule has 0 bridgehead atoms. The van der Waals surface area contributed by atoms with Crippen LogP contribution in [0.1, 0.15) is 66.7 Å². The molecular formula is C15H27F3O4. The molecule has 0 spiro atoms. The first-order valence-corrected chi connectivity index (χ1v) is 7.38. The van der Waals surface area contributed by atoms with E-state index in [1.807, 2.05) is 20.8 Å². The molecule has 0 saturated heterocycles. The quantitative estimate of drug-likeness (QED) is 0.573. The van der Waals surface area contributed by atoms with Gasteiger partial charge in [0.05, 0.1) is 5.92 Å². The van der Waals surface area contributed by atoms with Crippen molar-refractivity contribution in [3.8, 4) is 0 Å². The normalized spacial score (nSPS) is 12.9. The molecule has 7 heteroatoms. The van der Waals surface area contributed by atoms with E-state index in [-0.39, 0.29) is 17.5 Å². The van der Waals surface area contributed by atoms with Crippen molar-refractivity contribution < 1.29 is 32.6 Å². The molecule has 0 aromatic heterocycles. The van der Waals surface area contributed by atoms with Crippen LogP contribution in [0, 0.1) is 5.92 Å². The number of halogens is 3. The van der Waals surface area contributed by atoms with Crippen LogP contribution in [0.3, 0.4) is 0 Å². The van der Waals surface area contributed by atoms with Crippen molar-refractivity contribution >= 4 is 11.9 Å². The molecule has 0 aliphatic carbocycles. The van der Waals surface area contributed by atoms with Gasteiger partial charge in [0, 0.05) is 0 Å². The lowest BCUT2D eigenvalue weighted by molar-refractivity contribution is -0.192. The summed E-state index contributed by atoms with van der Waals surface area (Å²) in [4.78, 5) is 20.7. The van der Waals surface area contributed by atoms with E-state index in [2.05, 4.69) is 13.8 Å². The fraction of sp³-hybridized carbons (Fsp3) is 0.867. The zero-order chi connectivity index (χ0) is 18.0. The molecule has 132 valence electrons. The highest BCUT2D eigenvalue weighted by Crippen LogP contribution is 2.19. The summed E-state index contributed by atoms with van der Waals surface area (Å²) >= 11 is 0. The van der Waals surface area contributed by atoms with Crippen molar-refractivity contribution in [2.75, 3.05) is 0 Å². The van der Waals surface area contributed by atoms with E-state index in [9.17, 15) is 18.0 Å². The third-order valence-corrected chi connectivity index (χ3v) is 2.63. The van der Waals surface area contributed by atoms with Crippen molar-refractivity contribution in [3.63, 3.8) is 0 Å². The molecule has 1 unspecified atom stereocenters. The molecule has 0 amide bonds. The van der Waals surface area contributed by atoms with E-state index in [1.165, 1.54) is 12.8 Å². The van der Waals surface area contributed by atoms with Crippen molar-refractivity contribution in [1.29, 1.82) is 0 Å². The Hall–Kier alpha value is -1.27. The molecule has 0 aromatic carbocycles. The van der Waals surface area contributed by atoms with Crippen LogP contribution < -0.4 is 0 Å². The fourth-order valence-corrected chi connectivity index (χ4v) is 1.51. The molecule has 22 heavy (non-hydrogen) atoms. The lowest BCUT2D eigenvalue weighted by Gasteiger charge is -2.23. The molecule has 0 radical (unpaired) electrons. The van der Waals surface area contributed by atoms with E-state index in [0.717, 1.165) is 19.3 Å². The van der Waals surface area contributed by atoms with Crippen LogP contribution in [0.5, 0.6) is 0 Å². The highest BCUT2D eigenvalue weighted by Gasteiger charge is 2.38. The van der Waals surface area contributed by atoms with Gasteiger partial charge in [0.15, 0.2) is 0 Å². The minimum Gasteiger partial charge on any atom is -0.475 e. The Morgan fingerprint density at radius 3 is 1.82 bits per heavy atom. The maximum atomic E-state index is 11.8. The SMILES string of the molecule is CCCCCC(CC)C(=O)OC(C)(C)C.O=C(O)C(F)(F)F. The summed E-state index contributed by atoms with van der Waals surface area (Å²) in [5.41, 5.74) is -0.352. The maximum Gasteiger partial charge on any atom is 0.490 e. The van der Waals surface area contributed by atoms with E-state index < -0.39 is 12.1 Å². The topological polar surface area (TPSA) is 63.6 Å². The summed E-state index contributed by atoms with van der Waals surface area (Å²) in [6.45, 7) is 9.99. The first-order chi connectivity index (χ1) is 9.85. The molecule has 1 N–H and O–H groups in total. The average molecular weight is 328 g/mol. The Morgan fingerprint density at radius 2 is 1.55 bits per heavy atom. The zero-order valence-corrected chi connectivity index (χ0v) is 13.9. The average Bonchev–Trinajstić information content (AvgIpc) is 2.32. The van der Waals surface area contributed by atoms with Gasteiger partial charge < -0.3 is 9.84 Å². The van der Waals surface area contributed by atoms with Crippen molar-refractivity contribution in [2.24, 2.45) is 5.92 Å². The number of carboxylic acid groups (broad SMARTS) is 1. The van der Waals surface area contributed by atoms with Gasteiger partial charge >= 0.3 is 18.1 Å². The third-order valence-electron chi connectivity index (χ3n) is 2.63. The van der Waals surface area contributed by atoms with Gasteiger partial charge in [-0.05, 0) is 33.6 Å². The minimum atomic E-state index is -5.08. The Bertz CT molecular complexity index is 333. The van der Waals surface area contributed by atoms with Crippen LogP contribution >= 0.6 is 0 Å². The second-order valence-electron chi connectivity index (χ2n) is 5.94. The zero-order valence-electron chi connectivity index (χ0n) is 13.9. The molecule has 4 nitrogen and oxygen atoms in total. The molecule has 1 atom stereocenters. The summed E-state index contributed by atoms with van der Waals surface area (Å²) in [6.07, 6.45) is 0.316. The maximum absolute atomic E-state index is 11.8. The van der Waals surface area contributed by atoms with Gasteiger partial charge in [-0.15, -0.1) is 0 Å². The molecular weight excluding hydrogens is 301 g/mol. The number of carbonyl (C=O) groups is 2. The van der Waals surface area contributed by atoms with Gasteiger partial charge in [-0.3, -0.25) is 4.79 Å². The summed E-state index contributed by atoms with van der Waals surface area (Å²) in [7, 11) is 0. The van der Waals surface area contributed by atoms with E-state index in [1.54, 1.807) is 0 Å². The molecule has 0 aliphatic heterocycles. The second-order valence-corrected chi connectivity index (χ2v) is 5.94. The molecule has 0 saturated carbocycles.